The van der Waals surface area contributed by atoms with Crippen molar-refractivity contribution in [2.45, 2.75) is 25.7 Å². The second-order valence-electron chi connectivity index (χ2n) is 8.20. The molecule has 0 aliphatic carbocycles. The molecule has 1 unspecified atom stereocenters. The van der Waals surface area contributed by atoms with E-state index in [9.17, 15) is 9.18 Å². The Morgan fingerprint density at radius 3 is 2.82 bits per heavy atom. The molecular formula is C27H23FN4O2. The van der Waals surface area contributed by atoms with Crippen LogP contribution in [0.3, 0.4) is 0 Å². The molecule has 1 aliphatic rings. The summed E-state index contributed by atoms with van der Waals surface area (Å²) in [4.78, 5) is 23.4. The number of piperidine rings is 1. The molecule has 0 radical (unpaired) electrons. The summed E-state index contributed by atoms with van der Waals surface area (Å²) in [5, 5.41) is 0. The Balaban J connectivity index is 1.44. The number of likely N-dealkylation sites (tertiary alicyclic amines) is 1. The average Bonchev–Trinajstić information content (AvgIpc) is 3.25. The molecule has 170 valence electrons. The second kappa shape index (κ2) is 9.36. The van der Waals surface area contributed by atoms with Gasteiger partial charge in [0.1, 0.15) is 23.1 Å². The third-order valence-electron chi connectivity index (χ3n) is 5.94. The summed E-state index contributed by atoms with van der Waals surface area (Å²) in [7, 11) is 0. The van der Waals surface area contributed by atoms with Gasteiger partial charge in [-0.25, -0.2) is 9.37 Å². The molecule has 3 heterocycles. The number of aromatic nitrogens is 3. The second-order valence-corrected chi connectivity index (χ2v) is 8.20. The highest BCUT2D eigenvalue weighted by Crippen LogP contribution is 2.33. The first kappa shape index (κ1) is 21.7. The molecule has 1 fully saturated rings. The maximum atomic E-state index is 13.4. The van der Waals surface area contributed by atoms with Gasteiger partial charge in [0, 0.05) is 43.0 Å². The van der Waals surface area contributed by atoms with E-state index in [2.05, 4.69) is 21.2 Å². The van der Waals surface area contributed by atoms with Crippen LogP contribution >= 0.6 is 0 Å². The van der Waals surface area contributed by atoms with Crippen molar-refractivity contribution in [2.24, 2.45) is 0 Å². The molecule has 5 rings (SSSR count). The molecule has 1 atom stereocenters. The zero-order valence-electron chi connectivity index (χ0n) is 18.7. The van der Waals surface area contributed by atoms with Gasteiger partial charge in [-0.15, -0.1) is 0 Å². The molecule has 6 nitrogen and oxygen atoms in total. The summed E-state index contributed by atoms with van der Waals surface area (Å²) in [6.07, 6.45) is 7.31. The van der Waals surface area contributed by atoms with Gasteiger partial charge in [-0.3, -0.25) is 14.2 Å². The first-order chi connectivity index (χ1) is 16.6. The summed E-state index contributed by atoms with van der Waals surface area (Å²) in [5.41, 5.74) is 2.63. The van der Waals surface area contributed by atoms with Crippen LogP contribution in [0, 0.1) is 17.7 Å². The molecule has 2 aromatic heterocycles. The van der Waals surface area contributed by atoms with Crippen LogP contribution in [0.5, 0.6) is 11.5 Å². The minimum Gasteiger partial charge on any atom is -0.457 e. The summed E-state index contributed by atoms with van der Waals surface area (Å²) < 4.78 is 21.3. The zero-order chi connectivity index (χ0) is 23.5. The highest BCUT2D eigenvalue weighted by atomic mass is 19.1. The summed E-state index contributed by atoms with van der Waals surface area (Å²) in [6, 6.07) is 13.6. The van der Waals surface area contributed by atoms with Crippen LogP contribution in [0.2, 0.25) is 0 Å². The number of carbonyl (C=O) groups excluding carboxylic acids is 1. The lowest BCUT2D eigenvalue weighted by atomic mass is 9.97. The topological polar surface area (TPSA) is 59.7 Å². The number of amides is 1. The monoisotopic (exact) mass is 454 g/mol. The number of hydrogen-bond donors (Lipinski definition) is 0. The van der Waals surface area contributed by atoms with Gasteiger partial charge in [-0.2, -0.15) is 0 Å². The predicted octanol–water partition coefficient (Wildman–Crippen LogP) is 5.06. The highest BCUT2D eigenvalue weighted by Gasteiger charge is 2.28. The number of benzene rings is 2. The Kier molecular flexibility index (Phi) is 5.96. The fraction of sp³-hybridized carbons (Fsp3) is 0.222. The van der Waals surface area contributed by atoms with Crippen LogP contribution in [0.1, 0.15) is 31.5 Å². The van der Waals surface area contributed by atoms with E-state index in [1.807, 2.05) is 35.4 Å². The number of hydrogen-bond acceptors (Lipinski definition) is 4. The Bertz CT molecular complexity index is 1400. The Morgan fingerprint density at radius 1 is 1.18 bits per heavy atom. The van der Waals surface area contributed by atoms with Crippen molar-refractivity contribution < 1.29 is 13.9 Å². The van der Waals surface area contributed by atoms with Crippen molar-refractivity contribution in [1.29, 1.82) is 0 Å². The van der Waals surface area contributed by atoms with E-state index < -0.39 is 0 Å². The van der Waals surface area contributed by atoms with Gasteiger partial charge in [0.25, 0.3) is 5.91 Å². The quantitative estimate of drug-likeness (QED) is 0.405. The third-order valence-corrected chi connectivity index (χ3v) is 5.94. The molecule has 1 saturated heterocycles. The number of fused-ring (bicyclic) bond motifs is 1. The number of carbonyl (C=O) groups is 1. The van der Waals surface area contributed by atoms with Crippen LogP contribution in [0.4, 0.5) is 4.39 Å². The minimum absolute atomic E-state index is 0.107. The molecule has 2 aromatic carbocycles. The molecule has 7 heteroatoms. The number of imidazole rings is 1. The maximum Gasteiger partial charge on any atom is 0.298 e. The lowest BCUT2D eigenvalue weighted by molar-refractivity contribution is -0.126. The van der Waals surface area contributed by atoms with Crippen molar-refractivity contribution >= 4 is 11.4 Å². The Labute approximate surface area is 197 Å². The lowest BCUT2D eigenvalue weighted by Gasteiger charge is -2.30. The van der Waals surface area contributed by atoms with E-state index in [4.69, 9.17) is 9.72 Å². The van der Waals surface area contributed by atoms with Gasteiger partial charge in [0.15, 0.2) is 0 Å². The Hall–Kier alpha value is -4.18. The molecule has 0 spiro atoms. The predicted molar refractivity (Wildman–Crippen MR) is 127 cm³/mol. The third kappa shape index (κ3) is 4.35. The van der Waals surface area contributed by atoms with Crippen molar-refractivity contribution in [3.8, 4) is 34.6 Å². The molecule has 34 heavy (non-hydrogen) atoms. The summed E-state index contributed by atoms with van der Waals surface area (Å²) in [5.74, 6) is 6.93. The van der Waals surface area contributed by atoms with Gasteiger partial charge in [-0.05, 0) is 62.1 Å². The van der Waals surface area contributed by atoms with Crippen LogP contribution in [-0.2, 0) is 4.79 Å². The summed E-state index contributed by atoms with van der Waals surface area (Å²) in [6.45, 7) is 2.98. The highest BCUT2D eigenvalue weighted by molar-refractivity contribution is 5.93. The molecule has 0 bridgehead atoms. The number of halogens is 1. The number of ether oxygens (including phenoxy) is 1. The average molecular weight is 455 g/mol. The van der Waals surface area contributed by atoms with Crippen LogP contribution < -0.4 is 4.74 Å². The van der Waals surface area contributed by atoms with Crippen LogP contribution in [0.25, 0.3) is 16.8 Å². The molecule has 0 N–H and O–H groups in total. The van der Waals surface area contributed by atoms with E-state index in [0.29, 0.717) is 24.6 Å². The normalized spacial score (nSPS) is 15.6. The van der Waals surface area contributed by atoms with E-state index in [-0.39, 0.29) is 17.6 Å². The standard InChI is InChI=1S/C27H23FN4O2/c1-2-5-25(33)31-14-4-6-20(18-31)27-30-26(24-17-29-13-15-32(24)27)19-9-11-22(12-10-19)34-23-8-3-7-21(28)16-23/h3,7-13,15-17,20H,4,6,14,18H2,1H3. The van der Waals surface area contributed by atoms with Crippen LogP contribution in [0.15, 0.2) is 67.1 Å². The van der Waals surface area contributed by atoms with E-state index in [0.717, 1.165) is 35.4 Å². The van der Waals surface area contributed by atoms with E-state index in [1.54, 1.807) is 31.5 Å². The lowest BCUT2D eigenvalue weighted by Crippen LogP contribution is -2.38. The van der Waals surface area contributed by atoms with Gasteiger partial charge in [-0.1, -0.05) is 12.0 Å². The van der Waals surface area contributed by atoms with Crippen LogP contribution in [-0.4, -0.2) is 38.3 Å². The molecular weight excluding hydrogens is 431 g/mol. The van der Waals surface area contributed by atoms with Gasteiger partial charge >= 0.3 is 0 Å². The van der Waals surface area contributed by atoms with Crippen molar-refractivity contribution in [2.75, 3.05) is 13.1 Å². The number of nitrogens with zero attached hydrogens (tertiary/aromatic N) is 4. The SMILES string of the molecule is CC#CC(=O)N1CCCC(c2nc(-c3ccc(Oc4cccc(F)c4)cc3)c3cnccn23)C1. The minimum atomic E-state index is -0.344. The van der Waals surface area contributed by atoms with Crippen molar-refractivity contribution in [1.82, 2.24) is 19.3 Å². The maximum absolute atomic E-state index is 13.4. The number of rotatable bonds is 4. The smallest absolute Gasteiger partial charge is 0.298 e. The van der Waals surface area contributed by atoms with E-state index in [1.165, 1.54) is 12.1 Å². The fourth-order valence-corrected chi connectivity index (χ4v) is 4.37. The van der Waals surface area contributed by atoms with Gasteiger partial charge in [0.05, 0.1) is 17.4 Å². The molecule has 0 saturated carbocycles. The summed E-state index contributed by atoms with van der Waals surface area (Å²) >= 11 is 0. The Morgan fingerprint density at radius 2 is 2.03 bits per heavy atom. The largest absolute Gasteiger partial charge is 0.457 e. The van der Waals surface area contributed by atoms with E-state index >= 15 is 0 Å². The van der Waals surface area contributed by atoms with Crippen molar-refractivity contribution in [3.05, 3.63) is 78.8 Å². The molecule has 4 aromatic rings. The van der Waals surface area contributed by atoms with Gasteiger partial charge < -0.3 is 9.64 Å². The first-order valence-corrected chi connectivity index (χ1v) is 11.2. The molecule has 1 amide bonds. The van der Waals surface area contributed by atoms with Crippen molar-refractivity contribution in [3.63, 3.8) is 0 Å². The fourth-order valence-electron chi connectivity index (χ4n) is 4.37. The molecule has 1 aliphatic heterocycles. The first-order valence-electron chi connectivity index (χ1n) is 11.2. The van der Waals surface area contributed by atoms with Gasteiger partial charge in [0.2, 0.25) is 0 Å². The zero-order valence-corrected chi connectivity index (χ0v) is 18.7.